The summed E-state index contributed by atoms with van der Waals surface area (Å²) in [4.78, 5) is 32.1. The van der Waals surface area contributed by atoms with Gasteiger partial charge in [0, 0.05) is 23.5 Å². The number of ether oxygens (including phenoxy) is 1. The lowest BCUT2D eigenvalue weighted by molar-refractivity contribution is -0.147. The van der Waals surface area contributed by atoms with Crippen molar-refractivity contribution in [1.82, 2.24) is 24.9 Å². The van der Waals surface area contributed by atoms with Crippen LogP contribution >= 0.6 is 11.8 Å². The number of hydrogen-bond acceptors (Lipinski definition) is 8. The molecule has 2 aromatic rings. The number of carbonyl (C=O) groups excluding carboxylic acids is 2. The van der Waals surface area contributed by atoms with Crippen molar-refractivity contribution in [3.63, 3.8) is 0 Å². The largest absolute Gasteiger partial charge is 0.455 e. The van der Waals surface area contributed by atoms with Crippen molar-refractivity contribution < 1.29 is 14.3 Å². The highest BCUT2D eigenvalue weighted by Crippen LogP contribution is 2.17. The summed E-state index contributed by atoms with van der Waals surface area (Å²) in [7, 11) is 0. The van der Waals surface area contributed by atoms with Crippen molar-refractivity contribution in [2.24, 2.45) is 0 Å². The molecule has 2 rings (SSSR count). The Labute approximate surface area is 148 Å². The highest BCUT2D eigenvalue weighted by molar-refractivity contribution is 7.98. The third-order valence-electron chi connectivity index (χ3n) is 3.46. The second-order valence-electron chi connectivity index (χ2n) is 5.17. The summed E-state index contributed by atoms with van der Waals surface area (Å²) in [5.74, 6) is -0.493. The van der Waals surface area contributed by atoms with Crippen LogP contribution in [-0.4, -0.2) is 50.9 Å². The van der Waals surface area contributed by atoms with Crippen LogP contribution in [0.1, 0.15) is 23.4 Å². The Kier molecular flexibility index (Phi) is 6.30. The van der Waals surface area contributed by atoms with Crippen LogP contribution in [-0.2, 0) is 20.7 Å². The van der Waals surface area contributed by atoms with Crippen molar-refractivity contribution in [3.05, 3.63) is 17.0 Å². The first-order chi connectivity index (χ1) is 12.0. The normalized spacial score (nSPS) is 10.5. The van der Waals surface area contributed by atoms with Gasteiger partial charge in [0.1, 0.15) is 0 Å². The Balaban J connectivity index is 2.03. The maximum atomic E-state index is 12.0. The SMILES string of the molecule is CSc1nc2nc(C)c(CC(=O)OCC(=O)NCCC#N)c(C)n2n1. The molecule has 1 N–H and O–H groups in total. The minimum absolute atomic E-state index is 0.0133. The third-order valence-corrected chi connectivity index (χ3v) is 3.99. The first-order valence-corrected chi connectivity index (χ1v) is 8.74. The Hall–Kier alpha value is -2.67. The van der Waals surface area contributed by atoms with E-state index in [2.05, 4.69) is 20.4 Å². The minimum atomic E-state index is -0.534. The van der Waals surface area contributed by atoms with Gasteiger partial charge < -0.3 is 10.1 Å². The highest BCUT2D eigenvalue weighted by atomic mass is 32.2. The zero-order chi connectivity index (χ0) is 18.4. The number of amides is 1. The van der Waals surface area contributed by atoms with E-state index in [-0.39, 0.29) is 26.0 Å². The average molecular weight is 362 g/mol. The van der Waals surface area contributed by atoms with Crippen LogP contribution in [0.4, 0.5) is 0 Å². The number of nitrogens with zero attached hydrogens (tertiary/aromatic N) is 5. The number of aryl methyl sites for hydroxylation is 2. The molecular weight excluding hydrogens is 344 g/mol. The summed E-state index contributed by atoms with van der Waals surface area (Å²) in [6, 6.07) is 1.91. The summed E-state index contributed by atoms with van der Waals surface area (Å²) < 4.78 is 6.57. The Morgan fingerprint density at radius 3 is 2.80 bits per heavy atom. The summed E-state index contributed by atoms with van der Waals surface area (Å²) >= 11 is 1.41. The van der Waals surface area contributed by atoms with Crippen LogP contribution in [0.2, 0.25) is 0 Å². The van der Waals surface area contributed by atoms with Gasteiger partial charge in [-0.15, -0.1) is 5.10 Å². The van der Waals surface area contributed by atoms with Crippen molar-refractivity contribution in [2.75, 3.05) is 19.4 Å². The molecule has 0 spiro atoms. The van der Waals surface area contributed by atoms with Gasteiger partial charge in [0.2, 0.25) is 5.16 Å². The zero-order valence-electron chi connectivity index (χ0n) is 14.2. The number of esters is 1. The first kappa shape index (κ1) is 18.7. The maximum absolute atomic E-state index is 12.0. The lowest BCUT2D eigenvalue weighted by atomic mass is 10.1. The first-order valence-electron chi connectivity index (χ1n) is 7.52. The molecule has 0 fully saturated rings. The van der Waals surface area contributed by atoms with E-state index in [0.29, 0.717) is 22.2 Å². The van der Waals surface area contributed by atoms with Crippen LogP contribution in [0, 0.1) is 25.2 Å². The number of fused-ring (bicyclic) bond motifs is 1. The molecule has 0 radical (unpaired) electrons. The number of thioether (sulfide) groups is 1. The van der Waals surface area contributed by atoms with Gasteiger partial charge in [0.15, 0.2) is 6.61 Å². The van der Waals surface area contributed by atoms with E-state index in [9.17, 15) is 9.59 Å². The topological polar surface area (TPSA) is 122 Å². The molecule has 0 aromatic carbocycles. The molecule has 2 aromatic heterocycles. The van der Waals surface area contributed by atoms with Gasteiger partial charge in [-0.2, -0.15) is 10.2 Å². The van der Waals surface area contributed by atoms with Crippen molar-refractivity contribution in [1.29, 1.82) is 5.26 Å². The Bertz CT molecular complexity index is 842. The van der Waals surface area contributed by atoms with Crippen LogP contribution in [0.5, 0.6) is 0 Å². The second kappa shape index (κ2) is 8.43. The summed E-state index contributed by atoms with van der Waals surface area (Å²) in [6.07, 6.45) is 2.07. The van der Waals surface area contributed by atoms with E-state index >= 15 is 0 Å². The van der Waals surface area contributed by atoms with E-state index in [1.165, 1.54) is 11.8 Å². The van der Waals surface area contributed by atoms with E-state index in [1.54, 1.807) is 11.4 Å². The van der Waals surface area contributed by atoms with E-state index in [1.807, 2.05) is 19.2 Å². The molecule has 1 amide bonds. The molecule has 9 nitrogen and oxygen atoms in total. The molecule has 0 bridgehead atoms. The van der Waals surface area contributed by atoms with Gasteiger partial charge in [0.25, 0.3) is 11.7 Å². The van der Waals surface area contributed by atoms with E-state index < -0.39 is 11.9 Å². The molecule has 10 heteroatoms. The van der Waals surface area contributed by atoms with Crippen LogP contribution in [0.25, 0.3) is 5.78 Å². The molecule has 0 unspecified atom stereocenters. The number of aromatic nitrogens is 4. The fraction of sp³-hybridized carbons (Fsp3) is 0.467. The van der Waals surface area contributed by atoms with Crippen molar-refractivity contribution in [3.8, 4) is 6.07 Å². The predicted molar refractivity (Wildman–Crippen MR) is 89.9 cm³/mol. The molecule has 0 saturated carbocycles. The molecule has 2 heterocycles. The van der Waals surface area contributed by atoms with Crippen molar-refractivity contribution >= 4 is 29.4 Å². The third kappa shape index (κ3) is 4.67. The van der Waals surface area contributed by atoms with Gasteiger partial charge in [-0.3, -0.25) is 9.59 Å². The lowest BCUT2D eigenvalue weighted by Gasteiger charge is -2.10. The zero-order valence-corrected chi connectivity index (χ0v) is 15.0. The Morgan fingerprint density at radius 2 is 2.12 bits per heavy atom. The van der Waals surface area contributed by atoms with Gasteiger partial charge in [-0.05, 0) is 20.1 Å². The van der Waals surface area contributed by atoms with Crippen LogP contribution in [0.15, 0.2) is 5.16 Å². The highest BCUT2D eigenvalue weighted by Gasteiger charge is 2.17. The smallest absolute Gasteiger partial charge is 0.310 e. The predicted octanol–water partition coefficient (Wildman–Crippen LogP) is 0.579. The monoisotopic (exact) mass is 362 g/mol. The average Bonchev–Trinajstić information content (AvgIpc) is 3.00. The van der Waals surface area contributed by atoms with Gasteiger partial charge in [-0.25, -0.2) is 9.50 Å². The number of carbonyl (C=O) groups is 2. The quantitative estimate of drug-likeness (QED) is 0.431. The fourth-order valence-corrected chi connectivity index (χ4v) is 2.52. The standard InChI is InChI=1S/C15H18N6O3S/c1-9-11(7-13(23)24-8-12(22)17-6-4-5-16)10(2)21-14(18-9)19-15(20-21)25-3/h4,6-8H2,1-3H3,(H,17,22). The minimum Gasteiger partial charge on any atom is -0.455 e. The molecule has 0 saturated heterocycles. The molecule has 0 aliphatic rings. The van der Waals surface area contributed by atoms with Gasteiger partial charge in [-0.1, -0.05) is 11.8 Å². The van der Waals surface area contributed by atoms with Gasteiger partial charge >= 0.3 is 5.97 Å². The number of nitriles is 1. The molecule has 25 heavy (non-hydrogen) atoms. The fourth-order valence-electron chi connectivity index (χ4n) is 2.18. The van der Waals surface area contributed by atoms with Crippen LogP contribution in [0.3, 0.4) is 0 Å². The van der Waals surface area contributed by atoms with E-state index in [4.69, 9.17) is 10.00 Å². The number of hydrogen-bond donors (Lipinski definition) is 1. The summed E-state index contributed by atoms with van der Waals surface area (Å²) in [6.45, 7) is 3.48. The molecule has 132 valence electrons. The maximum Gasteiger partial charge on any atom is 0.310 e. The van der Waals surface area contributed by atoms with E-state index in [0.717, 1.165) is 5.69 Å². The van der Waals surface area contributed by atoms with Gasteiger partial charge in [0.05, 0.1) is 18.9 Å². The second-order valence-corrected chi connectivity index (χ2v) is 5.94. The van der Waals surface area contributed by atoms with Crippen LogP contribution < -0.4 is 5.32 Å². The number of nitrogens with one attached hydrogen (secondary N) is 1. The number of rotatable bonds is 7. The van der Waals surface area contributed by atoms with Crippen molar-refractivity contribution in [2.45, 2.75) is 31.8 Å². The summed E-state index contributed by atoms with van der Waals surface area (Å²) in [5, 5.41) is 15.8. The molecule has 0 aliphatic heterocycles. The Morgan fingerprint density at radius 1 is 1.36 bits per heavy atom. The lowest BCUT2D eigenvalue weighted by Crippen LogP contribution is -2.29. The summed E-state index contributed by atoms with van der Waals surface area (Å²) in [5.41, 5.74) is 2.12. The molecular formula is C15H18N6O3S. The molecule has 0 atom stereocenters. The molecule has 0 aliphatic carbocycles.